The van der Waals surface area contributed by atoms with E-state index in [4.69, 9.17) is 21.0 Å². The molecule has 6 heteroatoms. The van der Waals surface area contributed by atoms with Gasteiger partial charge < -0.3 is 0 Å². The Morgan fingerprint density at radius 1 is 0.722 bits per heavy atom. The molecular formula is C12H4Br2N4. The molecule has 1 aromatic carbocycles. The molecule has 0 spiro atoms. The van der Waals surface area contributed by atoms with Gasteiger partial charge in [-0.25, -0.2) is 0 Å². The quantitative estimate of drug-likeness (QED) is 0.806. The van der Waals surface area contributed by atoms with E-state index in [0.29, 0.717) is 20.1 Å². The summed E-state index contributed by atoms with van der Waals surface area (Å²) in [7, 11) is 0. The van der Waals surface area contributed by atoms with Gasteiger partial charge in [0, 0.05) is 8.95 Å². The molecule has 0 fully saturated rings. The predicted octanol–water partition coefficient (Wildman–Crippen LogP) is 3.09. The van der Waals surface area contributed by atoms with Crippen molar-refractivity contribution in [3.63, 3.8) is 0 Å². The van der Waals surface area contributed by atoms with Crippen molar-refractivity contribution in [3.05, 3.63) is 31.2 Å². The Hall–Kier alpha value is -1.86. The Balaban J connectivity index is 3.79. The van der Waals surface area contributed by atoms with Crippen molar-refractivity contribution in [2.45, 2.75) is 12.8 Å². The lowest BCUT2D eigenvalue weighted by Crippen LogP contribution is -2.02. The number of benzene rings is 1. The van der Waals surface area contributed by atoms with Crippen LogP contribution in [0.5, 0.6) is 0 Å². The van der Waals surface area contributed by atoms with E-state index in [9.17, 15) is 0 Å². The van der Waals surface area contributed by atoms with Crippen LogP contribution < -0.4 is 0 Å². The molecule has 0 atom stereocenters. The molecule has 0 bridgehead atoms. The molecular weight excluding hydrogens is 360 g/mol. The summed E-state index contributed by atoms with van der Waals surface area (Å²) in [5.74, 6) is 0. The molecule has 0 saturated heterocycles. The van der Waals surface area contributed by atoms with Crippen LogP contribution in [0.15, 0.2) is 8.95 Å². The lowest BCUT2D eigenvalue weighted by atomic mass is 9.96. The zero-order chi connectivity index (χ0) is 13.7. The minimum atomic E-state index is 0.0661. The van der Waals surface area contributed by atoms with Gasteiger partial charge in [0.2, 0.25) is 0 Å². The van der Waals surface area contributed by atoms with E-state index < -0.39 is 0 Å². The smallest absolute Gasteiger partial charge is 0.102 e. The van der Waals surface area contributed by atoms with E-state index in [1.54, 1.807) is 0 Å². The Kier molecular flexibility index (Phi) is 4.87. The van der Waals surface area contributed by atoms with Gasteiger partial charge in [-0.2, -0.15) is 21.0 Å². The van der Waals surface area contributed by atoms with Gasteiger partial charge in [0.15, 0.2) is 0 Å². The van der Waals surface area contributed by atoms with Crippen molar-refractivity contribution in [3.8, 4) is 24.3 Å². The van der Waals surface area contributed by atoms with Crippen molar-refractivity contribution in [1.82, 2.24) is 0 Å². The third kappa shape index (κ3) is 2.36. The van der Waals surface area contributed by atoms with Crippen LogP contribution in [-0.4, -0.2) is 0 Å². The third-order valence-electron chi connectivity index (χ3n) is 2.32. The normalized spacial score (nSPS) is 8.78. The number of rotatable bonds is 2. The van der Waals surface area contributed by atoms with E-state index in [-0.39, 0.29) is 24.0 Å². The lowest BCUT2D eigenvalue weighted by molar-refractivity contribution is 1.12. The highest BCUT2D eigenvalue weighted by molar-refractivity contribution is 9.11. The van der Waals surface area contributed by atoms with Gasteiger partial charge in [-0.3, -0.25) is 0 Å². The summed E-state index contributed by atoms with van der Waals surface area (Å²) in [4.78, 5) is 0. The van der Waals surface area contributed by atoms with Crippen molar-refractivity contribution in [1.29, 1.82) is 21.0 Å². The van der Waals surface area contributed by atoms with Crippen LogP contribution in [0.1, 0.15) is 22.3 Å². The summed E-state index contributed by atoms with van der Waals surface area (Å²) in [6.07, 6.45) is 0.132. The van der Waals surface area contributed by atoms with Crippen molar-refractivity contribution in [2.24, 2.45) is 0 Å². The topological polar surface area (TPSA) is 95.2 Å². The Morgan fingerprint density at radius 2 is 1.06 bits per heavy atom. The fraction of sp³-hybridized carbons (Fsp3) is 0.167. The molecule has 4 nitrogen and oxygen atoms in total. The number of hydrogen-bond donors (Lipinski definition) is 0. The maximum absolute atomic E-state index is 9.07. The lowest BCUT2D eigenvalue weighted by Gasteiger charge is -2.12. The third-order valence-corrected chi connectivity index (χ3v) is 4.07. The second kappa shape index (κ2) is 6.18. The van der Waals surface area contributed by atoms with Crippen LogP contribution in [0, 0.1) is 45.3 Å². The first-order valence-electron chi connectivity index (χ1n) is 4.69. The summed E-state index contributed by atoms with van der Waals surface area (Å²) in [5.41, 5.74) is 1.50. The number of nitriles is 4. The number of halogens is 2. The molecule has 0 saturated carbocycles. The molecule has 0 amide bonds. The Morgan fingerprint density at radius 3 is 1.28 bits per heavy atom. The number of nitrogens with zero attached hydrogens (tertiary/aromatic N) is 4. The summed E-state index contributed by atoms with van der Waals surface area (Å²) < 4.78 is 0.827. The molecule has 0 aromatic heterocycles. The second-order valence-corrected chi connectivity index (χ2v) is 4.81. The van der Waals surface area contributed by atoms with Gasteiger partial charge in [-0.1, -0.05) is 0 Å². The first-order valence-corrected chi connectivity index (χ1v) is 6.27. The van der Waals surface area contributed by atoms with Crippen molar-refractivity contribution >= 4 is 31.9 Å². The average molecular weight is 364 g/mol. The summed E-state index contributed by atoms with van der Waals surface area (Å²) >= 11 is 6.47. The highest BCUT2D eigenvalue weighted by Gasteiger charge is 2.21. The Labute approximate surface area is 121 Å². The fourth-order valence-electron chi connectivity index (χ4n) is 1.52. The molecule has 0 aliphatic heterocycles. The van der Waals surface area contributed by atoms with Gasteiger partial charge in [-0.05, 0) is 43.0 Å². The monoisotopic (exact) mass is 362 g/mol. The summed E-state index contributed by atoms with van der Waals surface area (Å²) in [6.45, 7) is 0. The molecule has 0 radical (unpaired) electrons. The minimum absolute atomic E-state index is 0.0661. The van der Waals surface area contributed by atoms with Crippen LogP contribution >= 0.6 is 31.9 Å². The van der Waals surface area contributed by atoms with Crippen LogP contribution in [0.3, 0.4) is 0 Å². The first kappa shape index (κ1) is 14.2. The SMILES string of the molecule is N#CCc1c(Br)c(C#N)c(C#N)c(Br)c1CC#N. The van der Waals surface area contributed by atoms with Gasteiger partial charge in [0.25, 0.3) is 0 Å². The summed E-state index contributed by atoms with van der Waals surface area (Å²) in [5, 5.41) is 35.7. The first-order chi connectivity index (χ1) is 8.62. The Bertz CT molecular complexity index is 607. The van der Waals surface area contributed by atoms with Crippen molar-refractivity contribution < 1.29 is 0 Å². The summed E-state index contributed by atoms with van der Waals surface area (Å²) in [6, 6.07) is 7.84. The molecule has 0 unspecified atom stereocenters. The zero-order valence-corrected chi connectivity index (χ0v) is 12.1. The van der Waals surface area contributed by atoms with Crippen LogP contribution in [0.2, 0.25) is 0 Å². The fourth-order valence-corrected chi connectivity index (χ4v) is 2.86. The molecule has 1 aromatic rings. The maximum atomic E-state index is 9.07. The van der Waals surface area contributed by atoms with Crippen molar-refractivity contribution in [2.75, 3.05) is 0 Å². The van der Waals surface area contributed by atoms with E-state index in [1.807, 2.05) is 24.3 Å². The van der Waals surface area contributed by atoms with Crippen LogP contribution in [0.4, 0.5) is 0 Å². The predicted molar refractivity (Wildman–Crippen MR) is 69.9 cm³/mol. The van der Waals surface area contributed by atoms with Gasteiger partial charge in [-0.15, -0.1) is 0 Å². The molecule has 0 heterocycles. The highest BCUT2D eigenvalue weighted by Crippen LogP contribution is 2.35. The average Bonchev–Trinajstić information content (AvgIpc) is 2.37. The minimum Gasteiger partial charge on any atom is -0.198 e. The maximum Gasteiger partial charge on any atom is 0.102 e. The van der Waals surface area contributed by atoms with Crippen LogP contribution in [-0.2, 0) is 12.8 Å². The zero-order valence-electron chi connectivity index (χ0n) is 8.96. The highest BCUT2D eigenvalue weighted by atomic mass is 79.9. The molecule has 0 aliphatic rings. The van der Waals surface area contributed by atoms with E-state index in [2.05, 4.69) is 31.9 Å². The molecule has 86 valence electrons. The van der Waals surface area contributed by atoms with Gasteiger partial charge >= 0.3 is 0 Å². The van der Waals surface area contributed by atoms with Crippen LogP contribution in [0.25, 0.3) is 0 Å². The van der Waals surface area contributed by atoms with Gasteiger partial charge in [0.1, 0.15) is 12.1 Å². The molecule has 18 heavy (non-hydrogen) atoms. The second-order valence-electron chi connectivity index (χ2n) is 3.23. The standard InChI is InChI=1S/C12H4Br2N4/c13-11-7(1-3-15)8(2-4-16)12(14)10(6-18)9(11)5-17/h1-2H2. The molecule has 0 N–H and O–H groups in total. The molecule has 0 aliphatic carbocycles. The molecule has 1 rings (SSSR count). The number of hydrogen-bond acceptors (Lipinski definition) is 4. The van der Waals surface area contributed by atoms with E-state index >= 15 is 0 Å². The van der Waals surface area contributed by atoms with Gasteiger partial charge in [0.05, 0.1) is 36.1 Å². The largest absolute Gasteiger partial charge is 0.198 e. The van der Waals surface area contributed by atoms with E-state index in [1.165, 1.54) is 0 Å². The van der Waals surface area contributed by atoms with E-state index in [0.717, 1.165) is 0 Å².